The van der Waals surface area contributed by atoms with Crippen LogP contribution in [0.3, 0.4) is 0 Å². The normalized spacial score (nSPS) is 11.1. The third-order valence-electron chi connectivity index (χ3n) is 3.03. The predicted molar refractivity (Wildman–Crippen MR) is 77.6 cm³/mol. The Bertz CT molecular complexity index is 572. The van der Waals surface area contributed by atoms with Crippen LogP contribution in [0.4, 0.5) is 0 Å². The molecule has 5 nitrogen and oxygen atoms in total. The molecule has 0 radical (unpaired) electrons. The standard InChI is InChI=1S/C13H20N4OS/c1-9-8-19-13-16-10(2)12(17(9)13)7-14-5-4-6-15-11(3)18/h8,14H,4-7H2,1-3H3,(H,15,18). The minimum atomic E-state index is 0.0299. The first kappa shape index (κ1) is 14.0. The summed E-state index contributed by atoms with van der Waals surface area (Å²) in [6.45, 7) is 8.11. The van der Waals surface area contributed by atoms with Crippen molar-refractivity contribution in [2.45, 2.75) is 33.7 Å². The molecule has 0 saturated carbocycles. The molecule has 104 valence electrons. The number of imidazole rings is 1. The van der Waals surface area contributed by atoms with Crippen LogP contribution >= 0.6 is 11.3 Å². The predicted octanol–water partition coefficient (Wildman–Crippen LogP) is 1.63. The number of hydrogen-bond donors (Lipinski definition) is 2. The summed E-state index contributed by atoms with van der Waals surface area (Å²) in [5.41, 5.74) is 3.55. The molecule has 2 rings (SSSR count). The number of thiazole rings is 1. The number of carbonyl (C=O) groups excluding carboxylic acids is 1. The number of aryl methyl sites for hydroxylation is 2. The SMILES string of the molecule is CC(=O)NCCCNCc1c(C)nc2scc(C)n12. The van der Waals surface area contributed by atoms with Crippen LogP contribution in [0.2, 0.25) is 0 Å². The molecule has 0 atom stereocenters. The molecule has 2 aromatic heterocycles. The van der Waals surface area contributed by atoms with E-state index in [2.05, 4.69) is 32.3 Å². The summed E-state index contributed by atoms with van der Waals surface area (Å²) in [7, 11) is 0. The minimum Gasteiger partial charge on any atom is -0.356 e. The van der Waals surface area contributed by atoms with Gasteiger partial charge in [0.05, 0.1) is 11.4 Å². The maximum absolute atomic E-state index is 10.7. The number of nitrogens with zero attached hydrogens (tertiary/aromatic N) is 2. The van der Waals surface area contributed by atoms with E-state index in [0.717, 1.165) is 36.7 Å². The first-order valence-electron chi connectivity index (χ1n) is 6.46. The summed E-state index contributed by atoms with van der Waals surface area (Å²) in [6.07, 6.45) is 0.934. The van der Waals surface area contributed by atoms with Crippen LogP contribution in [0.5, 0.6) is 0 Å². The minimum absolute atomic E-state index is 0.0299. The molecule has 0 aliphatic rings. The lowest BCUT2D eigenvalue weighted by Crippen LogP contribution is -2.25. The molecule has 0 fully saturated rings. The molecule has 6 heteroatoms. The topological polar surface area (TPSA) is 58.4 Å². The summed E-state index contributed by atoms with van der Waals surface area (Å²) in [5.74, 6) is 0.0299. The Hall–Kier alpha value is -1.40. The number of amides is 1. The maximum atomic E-state index is 10.7. The molecule has 0 spiro atoms. The van der Waals surface area contributed by atoms with Crippen molar-refractivity contribution in [1.82, 2.24) is 20.0 Å². The fourth-order valence-corrected chi connectivity index (χ4v) is 2.99. The first-order chi connectivity index (χ1) is 9.09. The summed E-state index contributed by atoms with van der Waals surface area (Å²) in [4.78, 5) is 16.3. The van der Waals surface area contributed by atoms with Gasteiger partial charge in [0, 0.05) is 31.1 Å². The first-order valence-corrected chi connectivity index (χ1v) is 7.34. The van der Waals surface area contributed by atoms with Gasteiger partial charge in [-0.25, -0.2) is 4.98 Å². The molecule has 2 N–H and O–H groups in total. The molecule has 1 amide bonds. The Kier molecular flexibility index (Phi) is 4.55. The lowest BCUT2D eigenvalue weighted by Gasteiger charge is -2.06. The maximum Gasteiger partial charge on any atom is 0.216 e. The largest absolute Gasteiger partial charge is 0.356 e. The molecule has 2 heterocycles. The number of nitrogens with one attached hydrogen (secondary N) is 2. The summed E-state index contributed by atoms with van der Waals surface area (Å²) < 4.78 is 2.21. The van der Waals surface area contributed by atoms with Gasteiger partial charge >= 0.3 is 0 Å². The van der Waals surface area contributed by atoms with Gasteiger partial charge in [-0.2, -0.15) is 0 Å². The van der Waals surface area contributed by atoms with Crippen LogP contribution in [-0.2, 0) is 11.3 Å². The Morgan fingerprint density at radius 3 is 2.95 bits per heavy atom. The Morgan fingerprint density at radius 2 is 2.21 bits per heavy atom. The highest BCUT2D eigenvalue weighted by Crippen LogP contribution is 2.20. The van der Waals surface area contributed by atoms with E-state index < -0.39 is 0 Å². The van der Waals surface area contributed by atoms with Gasteiger partial charge in [0.15, 0.2) is 4.96 Å². The van der Waals surface area contributed by atoms with E-state index in [9.17, 15) is 4.79 Å². The van der Waals surface area contributed by atoms with Crippen molar-refractivity contribution in [1.29, 1.82) is 0 Å². The lowest BCUT2D eigenvalue weighted by molar-refractivity contribution is -0.118. The van der Waals surface area contributed by atoms with Crippen molar-refractivity contribution in [2.75, 3.05) is 13.1 Å². The molecular weight excluding hydrogens is 260 g/mol. The zero-order valence-corrected chi connectivity index (χ0v) is 12.4. The molecule has 0 aliphatic heterocycles. The number of rotatable bonds is 6. The van der Waals surface area contributed by atoms with Crippen molar-refractivity contribution in [3.8, 4) is 0 Å². The van der Waals surface area contributed by atoms with E-state index in [1.165, 1.54) is 11.4 Å². The van der Waals surface area contributed by atoms with E-state index >= 15 is 0 Å². The van der Waals surface area contributed by atoms with Gasteiger partial charge < -0.3 is 10.6 Å². The van der Waals surface area contributed by atoms with E-state index in [1.54, 1.807) is 18.3 Å². The average molecular weight is 280 g/mol. The van der Waals surface area contributed by atoms with E-state index in [0.29, 0.717) is 0 Å². The van der Waals surface area contributed by atoms with Crippen molar-refractivity contribution < 1.29 is 4.79 Å². The van der Waals surface area contributed by atoms with E-state index in [4.69, 9.17) is 0 Å². The highest BCUT2D eigenvalue weighted by Gasteiger charge is 2.11. The molecule has 0 saturated heterocycles. The van der Waals surface area contributed by atoms with Crippen molar-refractivity contribution in [3.05, 3.63) is 22.5 Å². The Balaban J connectivity index is 1.86. The summed E-state index contributed by atoms with van der Waals surface area (Å²) >= 11 is 1.68. The molecule has 19 heavy (non-hydrogen) atoms. The number of aromatic nitrogens is 2. The van der Waals surface area contributed by atoms with Crippen LogP contribution in [0.15, 0.2) is 5.38 Å². The molecular formula is C13H20N4OS. The number of carbonyl (C=O) groups is 1. The van der Waals surface area contributed by atoms with Crippen molar-refractivity contribution in [3.63, 3.8) is 0 Å². The highest BCUT2D eigenvalue weighted by atomic mass is 32.1. The van der Waals surface area contributed by atoms with Gasteiger partial charge in [-0.1, -0.05) is 0 Å². The van der Waals surface area contributed by atoms with Crippen molar-refractivity contribution >= 4 is 22.2 Å². The number of hydrogen-bond acceptors (Lipinski definition) is 4. The molecule has 0 bridgehead atoms. The third-order valence-corrected chi connectivity index (χ3v) is 3.97. The van der Waals surface area contributed by atoms with Crippen LogP contribution in [0.25, 0.3) is 4.96 Å². The van der Waals surface area contributed by atoms with Gasteiger partial charge in [0.2, 0.25) is 5.91 Å². The van der Waals surface area contributed by atoms with Crippen molar-refractivity contribution in [2.24, 2.45) is 0 Å². The van der Waals surface area contributed by atoms with E-state index in [1.807, 2.05) is 6.92 Å². The van der Waals surface area contributed by atoms with Crippen LogP contribution in [0.1, 0.15) is 30.4 Å². The van der Waals surface area contributed by atoms with E-state index in [-0.39, 0.29) is 5.91 Å². The fraction of sp³-hybridized carbons (Fsp3) is 0.538. The molecule has 0 aromatic carbocycles. The van der Waals surface area contributed by atoms with Gasteiger partial charge in [-0.15, -0.1) is 11.3 Å². The van der Waals surface area contributed by atoms with Crippen LogP contribution in [0, 0.1) is 13.8 Å². The smallest absolute Gasteiger partial charge is 0.216 e. The van der Waals surface area contributed by atoms with Gasteiger partial charge in [-0.3, -0.25) is 9.20 Å². The molecule has 0 aliphatic carbocycles. The summed E-state index contributed by atoms with van der Waals surface area (Å²) in [5, 5.41) is 8.32. The second-order valence-electron chi connectivity index (χ2n) is 4.65. The van der Waals surface area contributed by atoms with Crippen LogP contribution < -0.4 is 10.6 Å². The zero-order valence-electron chi connectivity index (χ0n) is 11.6. The fourth-order valence-electron chi connectivity index (χ4n) is 2.06. The second kappa shape index (κ2) is 6.16. The Morgan fingerprint density at radius 1 is 1.42 bits per heavy atom. The Labute approximate surface area is 117 Å². The summed E-state index contributed by atoms with van der Waals surface area (Å²) in [6, 6.07) is 0. The highest BCUT2D eigenvalue weighted by molar-refractivity contribution is 7.15. The third kappa shape index (κ3) is 3.33. The zero-order chi connectivity index (χ0) is 13.8. The second-order valence-corrected chi connectivity index (χ2v) is 5.49. The monoisotopic (exact) mass is 280 g/mol. The molecule has 2 aromatic rings. The quantitative estimate of drug-likeness (QED) is 0.791. The number of fused-ring (bicyclic) bond motifs is 1. The molecule has 0 unspecified atom stereocenters. The van der Waals surface area contributed by atoms with Gasteiger partial charge in [-0.05, 0) is 26.8 Å². The van der Waals surface area contributed by atoms with Gasteiger partial charge in [0.25, 0.3) is 0 Å². The average Bonchev–Trinajstić information content (AvgIpc) is 2.84. The van der Waals surface area contributed by atoms with Gasteiger partial charge in [0.1, 0.15) is 0 Å². The van der Waals surface area contributed by atoms with Crippen LogP contribution in [-0.4, -0.2) is 28.4 Å². The lowest BCUT2D eigenvalue weighted by atomic mass is 10.3.